The highest BCUT2D eigenvalue weighted by molar-refractivity contribution is 8.16. The molecule has 7 heteroatoms. The lowest BCUT2D eigenvalue weighted by molar-refractivity contribution is -0.139. The van der Waals surface area contributed by atoms with E-state index >= 15 is 0 Å². The molecule has 0 saturated heterocycles. The summed E-state index contributed by atoms with van der Waals surface area (Å²) < 4.78 is 17.6. The second-order valence-electron chi connectivity index (χ2n) is 8.44. The third-order valence-electron chi connectivity index (χ3n) is 6.11. The number of nitrogens with zero attached hydrogens (tertiary/aromatic N) is 2. The first-order valence-corrected chi connectivity index (χ1v) is 12.9. The predicted molar refractivity (Wildman–Crippen MR) is 144 cm³/mol. The number of rotatable bonds is 8. The molecule has 36 heavy (non-hydrogen) atoms. The molecule has 0 N–H and O–H groups in total. The number of allylic oxidation sites excluding steroid dienone is 1. The van der Waals surface area contributed by atoms with Gasteiger partial charge in [0.1, 0.15) is 6.61 Å². The molecule has 2 aliphatic rings. The second-order valence-corrected chi connectivity index (χ2v) is 9.31. The highest BCUT2D eigenvalue weighted by Crippen LogP contribution is 2.43. The number of hydrogen-bond donors (Lipinski definition) is 0. The lowest BCUT2D eigenvalue weighted by Crippen LogP contribution is -2.34. The zero-order chi connectivity index (χ0) is 25.1. The second kappa shape index (κ2) is 10.5. The molecule has 2 heterocycles. The Balaban J connectivity index is 1.45. The Morgan fingerprint density at radius 3 is 2.61 bits per heavy atom. The molecule has 0 aliphatic carbocycles. The van der Waals surface area contributed by atoms with Gasteiger partial charge >= 0.3 is 5.97 Å². The van der Waals surface area contributed by atoms with E-state index in [1.165, 1.54) is 22.5 Å². The Bertz CT molecular complexity index is 1400. The minimum absolute atomic E-state index is 0.301. The molecule has 0 amide bonds. The maximum atomic E-state index is 12.9. The minimum Gasteiger partial charge on any atom is -0.490 e. The van der Waals surface area contributed by atoms with E-state index in [-0.39, 0.29) is 12.0 Å². The van der Waals surface area contributed by atoms with Crippen LogP contribution in [0.1, 0.15) is 37.9 Å². The first-order valence-electron chi connectivity index (χ1n) is 12.0. The van der Waals surface area contributed by atoms with Gasteiger partial charge in [-0.05, 0) is 66.3 Å². The molecule has 0 fully saturated rings. The van der Waals surface area contributed by atoms with E-state index < -0.39 is 0 Å². The van der Waals surface area contributed by atoms with Gasteiger partial charge in [0.25, 0.3) is 0 Å². The van der Waals surface area contributed by atoms with Crippen molar-refractivity contribution in [1.29, 1.82) is 0 Å². The first kappa shape index (κ1) is 24.0. The van der Waals surface area contributed by atoms with Crippen LogP contribution in [0.2, 0.25) is 0 Å². The van der Waals surface area contributed by atoms with Gasteiger partial charge in [-0.15, -0.1) is 0 Å². The smallest absolute Gasteiger partial charge is 0.338 e. The van der Waals surface area contributed by atoms with Crippen LogP contribution in [-0.4, -0.2) is 29.3 Å². The molecule has 1 atom stereocenters. The summed E-state index contributed by atoms with van der Waals surface area (Å²) in [5.41, 5.74) is 3.17. The maximum Gasteiger partial charge on any atom is 0.338 e. The molecule has 3 aromatic carbocycles. The molecule has 0 bridgehead atoms. The average Bonchev–Trinajstić information content (AvgIpc) is 3.35. The molecule has 5 rings (SSSR count). The predicted octanol–water partition coefficient (Wildman–Crippen LogP) is 6.59. The Kier molecular flexibility index (Phi) is 7.00. The Hall–Kier alpha value is -3.71. The monoisotopic (exact) mass is 500 g/mol. The molecule has 3 aromatic rings. The summed E-state index contributed by atoms with van der Waals surface area (Å²) >= 11 is 1.53. The first-order chi connectivity index (χ1) is 17.6. The van der Waals surface area contributed by atoms with Crippen molar-refractivity contribution < 1.29 is 19.0 Å². The quantitative estimate of drug-likeness (QED) is 0.325. The van der Waals surface area contributed by atoms with E-state index in [2.05, 4.69) is 35.3 Å². The van der Waals surface area contributed by atoms with Gasteiger partial charge in [0.05, 0.1) is 30.5 Å². The van der Waals surface area contributed by atoms with Gasteiger partial charge in [-0.25, -0.2) is 9.79 Å². The fourth-order valence-electron chi connectivity index (χ4n) is 4.47. The van der Waals surface area contributed by atoms with Gasteiger partial charge in [0.2, 0.25) is 0 Å². The Morgan fingerprint density at radius 2 is 1.81 bits per heavy atom. The normalized spacial score (nSPS) is 16.7. The van der Waals surface area contributed by atoms with Gasteiger partial charge in [0, 0.05) is 6.20 Å². The standard InChI is InChI=1S/C29H28N2O4S/c1-4-33-25-17-23(27-26(28(32)34-5-2)19(3)30-29-31(27)14-15-36-29)12-13-24(25)35-18-20-10-11-21-8-6-7-9-22(21)16-20/h6-17,27H,4-5,18H2,1-3H3/t27-/m0/s1. The number of ether oxygens (including phenoxy) is 3. The van der Waals surface area contributed by atoms with Crippen molar-refractivity contribution >= 4 is 33.7 Å². The minimum atomic E-state index is -0.364. The fraction of sp³-hybridized carbons (Fsp3) is 0.241. The summed E-state index contributed by atoms with van der Waals surface area (Å²) in [6.07, 6.45) is 1.95. The number of aliphatic imine (C=N–C) groups is 1. The third-order valence-corrected chi connectivity index (χ3v) is 6.88. The number of hydrogen-bond acceptors (Lipinski definition) is 7. The Labute approximate surface area is 215 Å². The molecular formula is C29H28N2O4S. The van der Waals surface area contributed by atoms with Crippen molar-refractivity contribution in [3.05, 3.63) is 94.7 Å². The third kappa shape index (κ3) is 4.71. The molecule has 0 radical (unpaired) electrons. The van der Waals surface area contributed by atoms with Crippen LogP contribution in [-0.2, 0) is 16.1 Å². The number of thioether (sulfide) groups is 1. The summed E-state index contributed by atoms with van der Waals surface area (Å²) in [5, 5.41) is 5.18. The lowest BCUT2D eigenvalue weighted by atomic mass is 9.94. The number of esters is 1. The van der Waals surface area contributed by atoms with Gasteiger partial charge in [0.15, 0.2) is 16.7 Å². The van der Waals surface area contributed by atoms with Crippen LogP contribution in [0.5, 0.6) is 11.5 Å². The highest BCUT2D eigenvalue weighted by Gasteiger charge is 2.37. The summed E-state index contributed by atoms with van der Waals surface area (Å²) in [5.74, 6) is 0.933. The molecule has 6 nitrogen and oxygen atoms in total. The van der Waals surface area contributed by atoms with Gasteiger partial charge in [-0.3, -0.25) is 0 Å². The average molecular weight is 501 g/mol. The van der Waals surface area contributed by atoms with Gasteiger partial charge < -0.3 is 19.1 Å². The van der Waals surface area contributed by atoms with Crippen molar-refractivity contribution in [3.63, 3.8) is 0 Å². The van der Waals surface area contributed by atoms with Crippen molar-refractivity contribution in [3.8, 4) is 11.5 Å². The number of fused-ring (bicyclic) bond motifs is 2. The van der Waals surface area contributed by atoms with Crippen molar-refractivity contribution in [2.75, 3.05) is 13.2 Å². The number of amidine groups is 1. The Morgan fingerprint density at radius 1 is 0.972 bits per heavy atom. The number of carbonyl (C=O) groups is 1. The molecule has 184 valence electrons. The summed E-state index contributed by atoms with van der Waals surface area (Å²) in [6.45, 7) is 6.82. The SMILES string of the molecule is CCOC(=O)C1=C(C)N=C2SC=CN2[C@H]1c1ccc(OCc2ccc3ccccc3c2)c(OCC)c1. The largest absolute Gasteiger partial charge is 0.490 e. The molecular weight excluding hydrogens is 472 g/mol. The fourth-order valence-corrected chi connectivity index (χ4v) is 5.26. The molecule has 0 unspecified atom stereocenters. The summed E-state index contributed by atoms with van der Waals surface area (Å²) in [4.78, 5) is 19.6. The van der Waals surface area contributed by atoms with E-state index in [9.17, 15) is 4.79 Å². The lowest BCUT2D eigenvalue weighted by Gasteiger charge is -2.33. The zero-order valence-electron chi connectivity index (χ0n) is 20.6. The van der Waals surface area contributed by atoms with Crippen LogP contribution in [0, 0.1) is 0 Å². The van der Waals surface area contributed by atoms with E-state index in [1.807, 2.05) is 60.7 Å². The molecule has 0 aromatic heterocycles. The van der Waals surface area contributed by atoms with Crippen LogP contribution in [0.25, 0.3) is 10.8 Å². The van der Waals surface area contributed by atoms with Crippen LogP contribution in [0.4, 0.5) is 0 Å². The zero-order valence-corrected chi connectivity index (χ0v) is 21.4. The van der Waals surface area contributed by atoms with E-state index in [4.69, 9.17) is 14.2 Å². The van der Waals surface area contributed by atoms with Crippen LogP contribution >= 0.6 is 11.8 Å². The van der Waals surface area contributed by atoms with Crippen LogP contribution < -0.4 is 9.47 Å². The van der Waals surface area contributed by atoms with Crippen LogP contribution in [0.3, 0.4) is 0 Å². The van der Waals surface area contributed by atoms with Gasteiger partial charge in [-0.1, -0.05) is 54.2 Å². The maximum absolute atomic E-state index is 12.9. The summed E-state index contributed by atoms with van der Waals surface area (Å²) in [6, 6.07) is 20.1. The number of benzene rings is 3. The van der Waals surface area contributed by atoms with E-state index in [0.717, 1.165) is 16.3 Å². The topological polar surface area (TPSA) is 60.4 Å². The molecule has 2 aliphatic heterocycles. The summed E-state index contributed by atoms with van der Waals surface area (Å²) in [7, 11) is 0. The van der Waals surface area contributed by atoms with Crippen molar-refractivity contribution in [2.24, 2.45) is 4.99 Å². The molecule has 0 saturated carbocycles. The highest BCUT2D eigenvalue weighted by atomic mass is 32.2. The van der Waals surface area contributed by atoms with Crippen molar-refractivity contribution in [2.45, 2.75) is 33.4 Å². The van der Waals surface area contributed by atoms with Gasteiger partial charge in [-0.2, -0.15) is 0 Å². The van der Waals surface area contributed by atoms with E-state index in [0.29, 0.717) is 42.6 Å². The van der Waals surface area contributed by atoms with E-state index in [1.54, 1.807) is 6.92 Å². The number of carbonyl (C=O) groups excluding carboxylic acids is 1. The van der Waals surface area contributed by atoms with Crippen LogP contribution in [0.15, 0.2) is 88.5 Å². The molecule has 0 spiro atoms. The van der Waals surface area contributed by atoms with Crippen molar-refractivity contribution in [1.82, 2.24) is 4.90 Å².